The van der Waals surface area contributed by atoms with Crippen LogP contribution in [0.3, 0.4) is 0 Å². The highest BCUT2D eigenvalue weighted by molar-refractivity contribution is 5.91. The van der Waals surface area contributed by atoms with E-state index in [0.29, 0.717) is 49.7 Å². The zero-order valence-corrected chi connectivity index (χ0v) is 18.0. The van der Waals surface area contributed by atoms with E-state index >= 15 is 0 Å². The Morgan fingerprint density at radius 3 is 2.35 bits per heavy atom. The Hall–Kier alpha value is -3.29. The molecular weight excluding hydrogens is 401 g/mol. The van der Waals surface area contributed by atoms with Crippen molar-refractivity contribution in [1.82, 2.24) is 10.2 Å². The Balaban J connectivity index is 1.53. The van der Waals surface area contributed by atoms with Gasteiger partial charge in [-0.05, 0) is 42.7 Å². The van der Waals surface area contributed by atoms with E-state index in [-0.39, 0.29) is 17.8 Å². The third-order valence-electron chi connectivity index (χ3n) is 5.72. The molecular formula is C23H28FN3O4. The van der Waals surface area contributed by atoms with Crippen LogP contribution in [0.5, 0.6) is 11.5 Å². The van der Waals surface area contributed by atoms with Crippen LogP contribution in [0, 0.1) is 11.2 Å². The molecule has 1 heterocycles. The third-order valence-corrected chi connectivity index (χ3v) is 5.72. The molecule has 2 aromatic carbocycles. The summed E-state index contributed by atoms with van der Waals surface area (Å²) in [4.78, 5) is 27.1. The maximum atomic E-state index is 13.0. The van der Waals surface area contributed by atoms with Gasteiger partial charge in [0.15, 0.2) is 0 Å². The summed E-state index contributed by atoms with van der Waals surface area (Å²) in [6.07, 6.45) is 1.10. The number of urea groups is 1. The number of halogens is 1. The van der Waals surface area contributed by atoms with Gasteiger partial charge in [-0.1, -0.05) is 19.1 Å². The van der Waals surface area contributed by atoms with Crippen molar-refractivity contribution < 1.29 is 23.5 Å². The zero-order chi connectivity index (χ0) is 22.4. The number of methoxy groups -OCH3 is 2. The number of carbonyl (C=O) groups is 2. The number of hydrogen-bond donors (Lipinski definition) is 2. The lowest BCUT2D eigenvalue weighted by Crippen LogP contribution is -2.49. The lowest BCUT2D eigenvalue weighted by molar-refractivity contribution is -0.132. The minimum absolute atomic E-state index is 0.0614. The first-order chi connectivity index (χ1) is 14.8. The largest absolute Gasteiger partial charge is 0.497 e. The first kappa shape index (κ1) is 22.4. The fraction of sp³-hybridized carbons (Fsp3) is 0.391. The van der Waals surface area contributed by atoms with Crippen LogP contribution in [0.25, 0.3) is 0 Å². The van der Waals surface area contributed by atoms with Crippen LogP contribution in [-0.4, -0.2) is 44.1 Å². The van der Waals surface area contributed by atoms with Crippen molar-refractivity contribution in [2.24, 2.45) is 5.41 Å². The Morgan fingerprint density at radius 1 is 1.06 bits per heavy atom. The van der Waals surface area contributed by atoms with E-state index < -0.39 is 5.41 Å². The fourth-order valence-electron chi connectivity index (χ4n) is 3.52. The van der Waals surface area contributed by atoms with Crippen molar-refractivity contribution in [3.63, 3.8) is 0 Å². The number of benzene rings is 2. The van der Waals surface area contributed by atoms with E-state index in [1.807, 2.05) is 6.92 Å². The number of amides is 3. The summed E-state index contributed by atoms with van der Waals surface area (Å²) >= 11 is 0. The van der Waals surface area contributed by atoms with Gasteiger partial charge in [-0.2, -0.15) is 0 Å². The third kappa shape index (κ3) is 5.45. The van der Waals surface area contributed by atoms with Crippen molar-refractivity contribution in [2.45, 2.75) is 26.3 Å². The molecule has 0 aromatic heterocycles. The van der Waals surface area contributed by atoms with Crippen molar-refractivity contribution in [3.8, 4) is 11.5 Å². The zero-order valence-electron chi connectivity index (χ0n) is 18.0. The molecule has 0 unspecified atom stereocenters. The van der Waals surface area contributed by atoms with Gasteiger partial charge in [0.25, 0.3) is 0 Å². The minimum atomic E-state index is -0.561. The highest BCUT2D eigenvalue weighted by Gasteiger charge is 2.38. The molecule has 0 radical (unpaired) electrons. The SMILES string of the molecule is COc1ccc(NC(=O)N2CCC(C)(C(=O)NCc3ccc(F)cc3)CC2)c(OC)c1. The first-order valence-electron chi connectivity index (χ1n) is 10.2. The number of nitrogens with one attached hydrogen (secondary N) is 2. The molecule has 166 valence electrons. The second kappa shape index (κ2) is 9.68. The molecule has 31 heavy (non-hydrogen) atoms. The lowest BCUT2D eigenvalue weighted by atomic mass is 9.79. The number of carbonyl (C=O) groups excluding carboxylic acids is 2. The number of hydrogen-bond acceptors (Lipinski definition) is 4. The summed E-state index contributed by atoms with van der Waals surface area (Å²) in [5, 5.41) is 5.80. The molecule has 1 aliphatic rings. The van der Waals surface area contributed by atoms with Gasteiger partial charge >= 0.3 is 6.03 Å². The molecule has 1 saturated heterocycles. The van der Waals surface area contributed by atoms with Crippen LogP contribution >= 0.6 is 0 Å². The van der Waals surface area contributed by atoms with Gasteiger partial charge in [0.2, 0.25) is 5.91 Å². The molecule has 7 nitrogen and oxygen atoms in total. The van der Waals surface area contributed by atoms with Crippen LogP contribution in [-0.2, 0) is 11.3 Å². The number of ether oxygens (including phenoxy) is 2. The van der Waals surface area contributed by atoms with Gasteiger partial charge in [0.05, 0.1) is 19.9 Å². The first-order valence-corrected chi connectivity index (χ1v) is 10.2. The van der Waals surface area contributed by atoms with Crippen molar-refractivity contribution in [1.29, 1.82) is 0 Å². The molecule has 1 aliphatic heterocycles. The van der Waals surface area contributed by atoms with Gasteiger partial charge in [-0.3, -0.25) is 4.79 Å². The van der Waals surface area contributed by atoms with Crippen molar-refractivity contribution in [3.05, 3.63) is 53.8 Å². The molecule has 1 fully saturated rings. The number of anilines is 1. The van der Waals surface area contributed by atoms with E-state index in [0.717, 1.165) is 5.56 Å². The second-order valence-electron chi connectivity index (χ2n) is 7.85. The normalized spacial score (nSPS) is 15.2. The summed E-state index contributed by atoms with van der Waals surface area (Å²) in [5.74, 6) is 0.776. The Morgan fingerprint density at radius 2 is 1.74 bits per heavy atom. The van der Waals surface area contributed by atoms with Crippen LogP contribution in [0.4, 0.5) is 14.9 Å². The summed E-state index contributed by atoms with van der Waals surface area (Å²) in [5.41, 5.74) is 0.830. The number of rotatable bonds is 6. The predicted molar refractivity (Wildman–Crippen MR) is 116 cm³/mol. The maximum absolute atomic E-state index is 13.0. The maximum Gasteiger partial charge on any atom is 0.321 e. The van der Waals surface area contributed by atoms with Gasteiger partial charge in [0.1, 0.15) is 17.3 Å². The van der Waals surface area contributed by atoms with E-state index in [1.54, 1.807) is 42.3 Å². The van der Waals surface area contributed by atoms with Crippen molar-refractivity contribution in [2.75, 3.05) is 32.6 Å². The number of likely N-dealkylation sites (tertiary alicyclic amines) is 1. The molecule has 8 heteroatoms. The Labute approximate surface area is 181 Å². The average Bonchev–Trinajstić information content (AvgIpc) is 2.79. The van der Waals surface area contributed by atoms with Gasteiger partial charge < -0.3 is 25.0 Å². The van der Waals surface area contributed by atoms with Crippen LogP contribution in [0.2, 0.25) is 0 Å². The molecule has 2 N–H and O–H groups in total. The lowest BCUT2D eigenvalue weighted by Gasteiger charge is -2.38. The molecule has 0 saturated carbocycles. The van der Waals surface area contributed by atoms with Gasteiger partial charge in [-0.15, -0.1) is 0 Å². The molecule has 3 amide bonds. The van der Waals surface area contributed by atoms with Crippen LogP contribution in [0.15, 0.2) is 42.5 Å². The minimum Gasteiger partial charge on any atom is -0.497 e. The highest BCUT2D eigenvalue weighted by atomic mass is 19.1. The predicted octanol–water partition coefficient (Wildman–Crippen LogP) is 3.79. The van der Waals surface area contributed by atoms with Gasteiger partial charge in [-0.25, -0.2) is 9.18 Å². The van der Waals surface area contributed by atoms with Gasteiger partial charge in [0, 0.05) is 31.1 Å². The highest BCUT2D eigenvalue weighted by Crippen LogP contribution is 2.33. The molecule has 0 aliphatic carbocycles. The number of piperidine rings is 1. The topological polar surface area (TPSA) is 79.9 Å². The van der Waals surface area contributed by atoms with E-state index in [1.165, 1.54) is 19.2 Å². The quantitative estimate of drug-likeness (QED) is 0.732. The standard InChI is InChI=1S/C23H28FN3O4/c1-23(21(28)25-15-16-4-6-17(24)7-5-16)10-12-27(13-11-23)22(29)26-19-9-8-18(30-2)14-20(19)31-3/h4-9,14H,10-13,15H2,1-3H3,(H,25,28)(H,26,29). The molecule has 0 atom stereocenters. The fourth-order valence-corrected chi connectivity index (χ4v) is 3.52. The molecule has 0 bridgehead atoms. The van der Waals surface area contributed by atoms with Crippen LogP contribution in [0.1, 0.15) is 25.3 Å². The monoisotopic (exact) mass is 429 g/mol. The second-order valence-corrected chi connectivity index (χ2v) is 7.85. The van der Waals surface area contributed by atoms with Crippen LogP contribution < -0.4 is 20.1 Å². The Bertz CT molecular complexity index is 925. The summed E-state index contributed by atoms with van der Waals surface area (Å²) in [6.45, 7) is 3.18. The smallest absolute Gasteiger partial charge is 0.321 e. The average molecular weight is 429 g/mol. The molecule has 3 rings (SSSR count). The van der Waals surface area contributed by atoms with E-state index in [2.05, 4.69) is 10.6 Å². The summed E-state index contributed by atoms with van der Waals surface area (Å²) in [6, 6.07) is 11.0. The summed E-state index contributed by atoms with van der Waals surface area (Å²) in [7, 11) is 3.09. The van der Waals surface area contributed by atoms with Crippen molar-refractivity contribution >= 4 is 17.6 Å². The summed E-state index contributed by atoms with van der Waals surface area (Å²) < 4.78 is 23.5. The molecule has 2 aromatic rings. The number of nitrogens with zero attached hydrogens (tertiary/aromatic N) is 1. The Kier molecular flexibility index (Phi) is 6.99. The van der Waals surface area contributed by atoms with E-state index in [9.17, 15) is 14.0 Å². The van der Waals surface area contributed by atoms with E-state index in [4.69, 9.17) is 9.47 Å². The molecule has 0 spiro atoms.